The number of aliphatic hydroxyl groups is 1. The largest absolute Gasteiger partial charge is 0.396 e. The van der Waals surface area contributed by atoms with Gasteiger partial charge in [0.1, 0.15) is 5.69 Å². The van der Waals surface area contributed by atoms with Gasteiger partial charge in [-0.25, -0.2) is 0 Å². The summed E-state index contributed by atoms with van der Waals surface area (Å²) in [5.41, 5.74) is 1.43. The van der Waals surface area contributed by atoms with Crippen LogP contribution in [0.2, 0.25) is 0 Å². The molecule has 2 aliphatic heterocycles. The molecule has 120 valence electrons. The Hall–Kier alpha value is -1.46. The van der Waals surface area contributed by atoms with Crippen molar-refractivity contribution in [3.05, 3.63) is 29.6 Å². The summed E-state index contributed by atoms with van der Waals surface area (Å²) in [6, 6.07) is 4.02. The van der Waals surface area contributed by atoms with E-state index in [0.29, 0.717) is 18.8 Å². The van der Waals surface area contributed by atoms with E-state index < -0.39 is 0 Å². The lowest BCUT2D eigenvalue weighted by atomic mass is 9.69. The molecule has 22 heavy (non-hydrogen) atoms. The first-order valence-corrected chi connectivity index (χ1v) is 8.09. The summed E-state index contributed by atoms with van der Waals surface area (Å²) in [6.45, 7) is 4.57. The maximum atomic E-state index is 12.8. The summed E-state index contributed by atoms with van der Waals surface area (Å²) in [5.74, 6) is 0.0172. The highest BCUT2D eigenvalue weighted by molar-refractivity contribution is 5.93. The predicted molar refractivity (Wildman–Crippen MR) is 84.7 cm³/mol. The van der Waals surface area contributed by atoms with E-state index in [9.17, 15) is 9.90 Å². The first-order chi connectivity index (χ1) is 10.6. The highest BCUT2D eigenvalue weighted by Crippen LogP contribution is 2.41. The number of pyridine rings is 1. The Morgan fingerprint density at radius 1 is 1.45 bits per heavy atom. The summed E-state index contributed by atoms with van der Waals surface area (Å²) >= 11 is 0. The van der Waals surface area contributed by atoms with E-state index in [-0.39, 0.29) is 24.0 Å². The number of nitrogens with zero attached hydrogens (tertiary/aromatic N) is 3. The first-order valence-electron chi connectivity index (χ1n) is 8.09. The molecule has 0 spiro atoms. The molecule has 0 aromatic carbocycles. The van der Waals surface area contributed by atoms with Gasteiger partial charge in [-0.3, -0.25) is 9.78 Å². The Morgan fingerprint density at radius 2 is 2.27 bits per heavy atom. The Labute approximate surface area is 131 Å². The van der Waals surface area contributed by atoms with Crippen molar-refractivity contribution in [1.82, 2.24) is 14.8 Å². The maximum absolute atomic E-state index is 12.8. The minimum absolute atomic E-state index is 0.0172. The van der Waals surface area contributed by atoms with Crippen molar-refractivity contribution >= 4 is 5.91 Å². The smallest absolute Gasteiger partial charge is 0.272 e. The molecule has 3 rings (SSSR count). The Balaban J connectivity index is 1.81. The number of aliphatic hydroxyl groups excluding tert-OH is 1. The fourth-order valence-electron chi connectivity index (χ4n) is 4.06. The number of hydrogen-bond acceptors (Lipinski definition) is 4. The van der Waals surface area contributed by atoms with Crippen molar-refractivity contribution < 1.29 is 9.90 Å². The molecule has 0 radical (unpaired) electrons. The van der Waals surface area contributed by atoms with Crippen molar-refractivity contribution in [3.8, 4) is 0 Å². The zero-order chi connectivity index (χ0) is 15.7. The van der Waals surface area contributed by atoms with Gasteiger partial charge in [0.2, 0.25) is 0 Å². The molecule has 5 heteroatoms. The van der Waals surface area contributed by atoms with Gasteiger partial charge in [0.15, 0.2) is 0 Å². The number of likely N-dealkylation sites (N-methyl/N-ethyl adjacent to an activating group) is 1. The zero-order valence-electron chi connectivity index (χ0n) is 13.5. The Morgan fingerprint density at radius 3 is 3.00 bits per heavy atom. The number of aryl methyl sites for hydroxylation is 1. The monoisotopic (exact) mass is 303 g/mol. The molecule has 0 aliphatic carbocycles. The van der Waals surface area contributed by atoms with Crippen LogP contribution >= 0.6 is 0 Å². The van der Waals surface area contributed by atoms with E-state index in [2.05, 4.69) is 16.9 Å². The van der Waals surface area contributed by atoms with Crippen LogP contribution in [-0.4, -0.2) is 65.1 Å². The molecule has 1 aromatic heterocycles. The highest BCUT2D eigenvalue weighted by atomic mass is 16.3. The van der Waals surface area contributed by atoms with E-state index in [1.54, 1.807) is 6.20 Å². The third-order valence-electron chi connectivity index (χ3n) is 5.51. The van der Waals surface area contributed by atoms with Crippen LogP contribution in [0.3, 0.4) is 0 Å². The van der Waals surface area contributed by atoms with Gasteiger partial charge >= 0.3 is 0 Å². The Kier molecular flexibility index (Phi) is 4.19. The lowest BCUT2D eigenvalue weighted by Crippen LogP contribution is -2.62. The number of hydrogen-bond donors (Lipinski definition) is 1. The van der Waals surface area contributed by atoms with Crippen LogP contribution < -0.4 is 0 Å². The van der Waals surface area contributed by atoms with Crippen LogP contribution in [-0.2, 0) is 0 Å². The third-order valence-corrected chi connectivity index (χ3v) is 5.51. The summed E-state index contributed by atoms with van der Waals surface area (Å²) in [5, 5.41) is 9.94. The highest BCUT2D eigenvalue weighted by Gasteiger charge is 2.47. The number of fused-ring (bicyclic) bond motifs is 1. The second-order valence-corrected chi connectivity index (χ2v) is 6.79. The number of rotatable bonds is 2. The van der Waals surface area contributed by atoms with E-state index in [1.807, 2.05) is 24.0 Å². The molecule has 0 saturated carbocycles. The van der Waals surface area contributed by atoms with Crippen LogP contribution in [0.5, 0.6) is 0 Å². The molecule has 2 atom stereocenters. The zero-order valence-corrected chi connectivity index (χ0v) is 13.5. The SMILES string of the molecule is Cc1cccnc1C(=O)N1CC[C@@]2(CO)CCCN(C)[C@@H]2C1. The van der Waals surface area contributed by atoms with Gasteiger partial charge in [0.25, 0.3) is 5.91 Å². The topological polar surface area (TPSA) is 56.7 Å². The molecule has 1 amide bonds. The fourth-order valence-corrected chi connectivity index (χ4v) is 4.06. The van der Waals surface area contributed by atoms with Crippen LogP contribution in [0, 0.1) is 12.3 Å². The summed E-state index contributed by atoms with van der Waals surface area (Å²) in [6.07, 6.45) is 4.73. The second-order valence-electron chi connectivity index (χ2n) is 6.79. The third kappa shape index (κ3) is 2.52. The first kappa shape index (κ1) is 15.4. The van der Waals surface area contributed by atoms with Gasteiger partial charge in [0, 0.05) is 30.7 Å². The summed E-state index contributed by atoms with van der Waals surface area (Å²) < 4.78 is 0. The van der Waals surface area contributed by atoms with Gasteiger partial charge < -0.3 is 14.9 Å². The number of carbonyl (C=O) groups is 1. The lowest BCUT2D eigenvalue weighted by molar-refractivity contribution is -0.0602. The van der Waals surface area contributed by atoms with E-state index in [4.69, 9.17) is 0 Å². The Bertz CT molecular complexity index is 563. The maximum Gasteiger partial charge on any atom is 0.272 e. The minimum Gasteiger partial charge on any atom is -0.396 e. The molecule has 2 saturated heterocycles. The van der Waals surface area contributed by atoms with Gasteiger partial charge in [-0.05, 0) is 51.4 Å². The van der Waals surface area contributed by atoms with Gasteiger partial charge in [-0.2, -0.15) is 0 Å². The van der Waals surface area contributed by atoms with Crippen LogP contribution in [0.15, 0.2) is 18.3 Å². The molecule has 3 heterocycles. The molecule has 0 unspecified atom stereocenters. The van der Waals surface area contributed by atoms with E-state index in [0.717, 1.165) is 31.4 Å². The number of piperidine rings is 2. The summed E-state index contributed by atoms with van der Waals surface area (Å²) in [7, 11) is 2.11. The molecular formula is C17H25N3O2. The minimum atomic E-state index is -0.0387. The van der Waals surface area contributed by atoms with Crippen LogP contribution in [0.1, 0.15) is 35.3 Å². The number of carbonyl (C=O) groups excluding carboxylic acids is 1. The molecule has 2 aliphatic rings. The second kappa shape index (κ2) is 5.97. The van der Waals surface area contributed by atoms with Gasteiger partial charge in [0.05, 0.1) is 6.61 Å². The molecule has 0 bridgehead atoms. The summed E-state index contributed by atoms with van der Waals surface area (Å²) in [4.78, 5) is 21.3. The fraction of sp³-hybridized carbons (Fsp3) is 0.647. The van der Waals surface area contributed by atoms with Crippen molar-refractivity contribution in [1.29, 1.82) is 0 Å². The standard InChI is InChI=1S/C17H25N3O2/c1-13-5-3-8-18-15(13)16(22)20-10-7-17(12-21)6-4-9-19(2)14(17)11-20/h3,5,8,14,21H,4,6-7,9-12H2,1-2H3/t14-,17-/m1/s1. The van der Waals surface area contributed by atoms with Crippen molar-refractivity contribution in [2.45, 2.75) is 32.2 Å². The van der Waals surface area contributed by atoms with Crippen molar-refractivity contribution in [3.63, 3.8) is 0 Å². The van der Waals surface area contributed by atoms with Crippen molar-refractivity contribution in [2.75, 3.05) is 33.3 Å². The van der Waals surface area contributed by atoms with Gasteiger partial charge in [-0.15, -0.1) is 0 Å². The van der Waals surface area contributed by atoms with E-state index >= 15 is 0 Å². The van der Waals surface area contributed by atoms with Crippen molar-refractivity contribution in [2.24, 2.45) is 5.41 Å². The van der Waals surface area contributed by atoms with Gasteiger partial charge in [-0.1, -0.05) is 6.07 Å². The average molecular weight is 303 g/mol. The van der Waals surface area contributed by atoms with Crippen LogP contribution in [0.4, 0.5) is 0 Å². The predicted octanol–water partition coefficient (Wildman–Crippen LogP) is 1.31. The lowest BCUT2D eigenvalue weighted by Gasteiger charge is -2.53. The number of aromatic nitrogens is 1. The molecule has 2 fully saturated rings. The molecule has 1 N–H and O–H groups in total. The molecular weight excluding hydrogens is 278 g/mol. The molecule has 1 aromatic rings. The number of likely N-dealkylation sites (tertiary alicyclic amines) is 2. The number of amides is 1. The quantitative estimate of drug-likeness (QED) is 0.895. The average Bonchev–Trinajstić information content (AvgIpc) is 2.55. The normalized spacial score (nSPS) is 29.2. The van der Waals surface area contributed by atoms with Crippen LogP contribution in [0.25, 0.3) is 0 Å². The molecule has 5 nitrogen and oxygen atoms in total. The van der Waals surface area contributed by atoms with E-state index in [1.165, 1.54) is 0 Å².